The third-order valence-corrected chi connectivity index (χ3v) is 5.50. The second kappa shape index (κ2) is 11.5. The van der Waals surface area contributed by atoms with Crippen LogP contribution in [0.5, 0.6) is 0 Å². The van der Waals surface area contributed by atoms with Crippen molar-refractivity contribution in [1.82, 2.24) is 4.90 Å². The largest absolute Gasteiger partial charge is 0.458 e. The molecule has 0 atom stereocenters. The first-order chi connectivity index (χ1) is 15.0. The smallest absolute Gasteiger partial charge is 0.339 e. The van der Waals surface area contributed by atoms with E-state index in [0.717, 1.165) is 55.5 Å². The molecule has 1 aromatic carbocycles. The van der Waals surface area contributed by atoms with E-state index in [4.69, 9.17) is 9.57 Å². The number of rotatable bonds is 3. The molecule has 31 heavy (non-hydrogen) atoms. The van der Waals surface area contributed by atoms with E-state index in [1.807, 2.05) is 55.2 Å². The van der Waals surface area contributed by atoms with Crippen LogP contribution in [0.4, 0.5) is 0 Å². The highest BCUT2D eigenvalue weighted by Crippen LogP contribution is 2.20. The van der Waals surface area contributed by atoms with Gasteiger partial charge in [0.1, 0.15) is 6.61 Å². The fourth-order valence-electron chi connectivity index (χ4n) is 4.00. The number of aryl methyl sites for hydroxylation is 2. The van der Waals surface area contributed by atoms with Gasteiger partial charge in [0, 0.05) is 19.5 Å². The number of allylic oxidation sites excluding steroid dienone is 3. The third kappa shape index (κ3) is 6.81. The Hall–Kier alpha value is -2.89. The maximum atomic E-state index is 12.7. The average molecular weight is 425 g/mol. The number of nitrogens with zero attached hydrogens (tertiary/aromatic N) is 2. The Morgan fingerprint density at radius 2 is 1.87 bits per heavy atom. The van der Waals surface area contributed by atoms with Crippen LogP contribution in [-0.4, -0.2) is 48.8 Å². The summed E-state index contributed by atoms with van der Waals surface area (Å²) >= 11 is 0. The van der Waals surface area contributed by atoms with Gasteiger partial charge in [-0.15, -0.1) is 0 Å². The van der Waals surface area contributed by atoms with Gasteiger partial charge in [-0.25, -0.2) is 4.79 Å². The fraction of sp³-hybridized carbons (Fsp3) is 0.480. The number of hydrogen-bond donors (Lipinski definition) is 0. The molecule has 0 spiro atoms. The Morgan fingerprint density at radius 3 is 2.68 bits per heavy atom. The van der Waals surface area contributed by atoms with Crippen molar-refractivity contribution < 1.29 is 19.2 Å². The zero-order chi connectivity index (χ0) is 22.1. The molecule has 0 radical (unpaired) electrons. The maximum Gasteiger partial charge on any atom is 0.339 e. The summed E-state index contributed by atoms with van der Waals surface area (Å²) < 4.78 is 5.45. The van der Waals surface area contributed by atoms with Crippen molar-refractivity contribution in [3.63, 3.8) is 0 Å². The molecule has 2 aliphatic heterocycles. The van der Waals surface area contributed by atoms with Gasteiger partial charge in [0.25, 0.3) is 5.91 Å². The monoisotopic (exact) mass is 424 g/mol. The summed E-state index contributed by atoms with van der Waals surface area (Å²) in [6.07, 6.45) is 13.2. The first-order valence-electron chi connectivity index (χ1n) is 11.1. The molecule has 0 aromatic heterocycles. The Labute approximate surface area is 184 Å². The number of likely N-dealkylation sites (tertiary alicyclic amines) is 1. The van der Waals surface area contributed by atoms with Crippen molar-refractivity contribution in [3.05, 3.63) is 58.7 Å². The van der Waals surface area contributed by atoms with Gasteiger partial charge in [-0.1, -0.05) is 41.1 Å². The van der Waals surface area contributed by atoms with Gasteiger partial charge in [0.05, 0.1) is 11.3 Å². The Morgan fingerprint density at radius 1 is 1.10 bits per heavy atom. The number of oxime groups is 1. The van der Waals surface area contributed by atoms with Crippen molar-refractivity contribution in [2.45, 2.75) is 52.4 Å². The van der Waals surface area contributed by atoms with Gasteiger partial charge in [-0.2, -0.15) is 0 Å². The van der Waals surface area contributed by atoms with Gasteiger partial charge >= 0.3 is 5.97 Å². The Kier molecular flexibility index (Phi) is 8.44. The lowest BCUT2D eigenvalue weighted by molar-refractivity contribution is -0.137. The molecule has 0 unspecified atom stereocenters. The predicted octanol–water partition coefficient (Wildman–Crippen LogP) is 4.29. The van der Waals surface area contributed by atoms with E-state index < -0.39 is 0 Å². The quantitative estimate of drug-likeness (QED) is 0.412. The van der Waals surface area contributed by atoms with Crippen LogP contribution in [0.2, 0.25) is 0 Å². The SMILES string of the molecule is Cc1cc(C)c2c(c1)CC(=N/OCC(=O)N1CCCCC1)/C=C/CC/C=C/COC2=O. The van der Waals surface area contributed by atoms with Gasteiger partial charge in [-0.3, -0.25) is 4.79 Å². The number of amides is 1. The summed E-state index contributed by atoms with van der Waals surface area (Å²) in [5, 5.41) is 4.26. The van der Waals surface area contributed by atoms with Crippen molar-refractivity contribution in [1.29, 1.82) is 0 Å². The molecule has 6 heteroatoms. The van der Waals surface area contributed by atoms with E-state index in [0.29, 0.717) is 17.7 Å². The lowest BCUT2D eigenvalue weighted by Crippen LogP contribution is -2.37. The van der Waals surface area contributed by atoms with Gasteiger partial charge in [-0.05, 0) is 63.2 Å². The normalized spacial score (nSPS) is 21.2. The summed E-state index contributed by atoms with van der Waals surface area (Å²) in [5.74, 6) is -0.362. The molecular weight excluding hydrogens is 392 g/mol. The van der Waals surface area contributed by atoms with E-state index in [2.05, 4.69) is 5.16 Å². The number of benzene rings is 1. The molecule has 1 saturated heterocycles. The molecule has 0 bridgehead atoms. The molecule has 1 aromatic rings. The van der Waals surface area contributed by atoms with Crippen LogP contribution in [0.15, 0.2) is 41.6 Å². The van der Waals surface area contributed by atoms with Crippen molar-refractivity contribution >= 4 is 17.6 Å². The van der Waals surface area contributed by atoms with Gasteiger partial charge in [0.15, 0.2) is 6.61 Å². The maximum absolute atomic E-state index is 12.7. The number of carbonyl (C=O) groups excluding carboxylic acids is 2. The molecular formula is C25H32N2O4. The lowest BCUT2D eigenvalue weighted by Gasteiger charge is -2.26. The van der Waals surface area contributed by atoms with E-state index in [1.165, 1.54) is 6.42 Å². The van der Waals surface area contributed by atoms with Crippen molar-refractivity contribution in [2.24, 2.45) is 5.16 Å². The molecule has 2 aliphatic rings. The van der Waals surface area contributed by atoms with E-state index >= 15 is 0 Å². The minimum Gasteiger partial charge on any atom is -0.458 e. The van der Waals surface area contributed by atoms with Crippen LogP contribution in [0.25, 0.3) is 0 Å². The highest BCUT2D eigenvalue weighted by Gasteiger charge is 2.19. The molecule has 0 N–H and O–H groups in total. The Balaban J connectivity index is 1.80. The summed E-state index contributed by atoms with van der Waals surface area (Å²) in [6.45, 7) is 5.70. The first kappa shape index (κ1) is 22.8. The Bertz CT molecular complexity index is 880. The topological polar surface area (TPSA) is 68.2 Å². The first-order valence-corrected chi connectivity index (χ1v) is 11.1. The molecule has 6 nitrogen and oxygen atoms in total. The van der Waals surface area contributed by atoms with Gasteiger partial charge < -0.3 is 14.5 Å². The number of cyclic esters (lactones) is 1. The zero-order valence-electron chi connectivity index (χ0n) is 18.6. The number of piperidine rings is 1. The zero-order valence-corrected chi connectivity index (χ0v) is 18.6. The van der Waals surface area contributed by atoms with Crippen LogP contribution >= 0.6 is 0 Å². The summed E-state index contributed by atoms with van der Waals surface area (Å²) in [7, 11) is 0. The molecule has 3 rings (SSSR count). The minimum atomic E-state index is -0.332. The van der Waals surface area contributed by atoms with Crippen LogP contribution in [-0.2, 0) is 20.8 Å². The standard InChI is InChI=1S/C25H32N2O4/c1-19-15-20(2)24-21(16-19)17-22(11-7-4-3-5-10-14-30-25(24)29)26-31-18-23(28)27-12-8-6-9-13-27/h5,7,10-11,15-16H,3-4,6,8-9,12-14,17-18H2,1-2H3/b10-5+,11-7+,26-22+. The average Bonchev–Trinajstić information content (AvgIpc) is 2.76. The van der Waals surface area contributed by atoms with Crippen molar-refractivity contribution in [3.8, 4) is 0 Å². The summed E-state index contributed by atoms with van der Waals surface area (Å²) in [6, 6.07) is 3.97. The number of fused-ring (bicyclic) bond motifs is 1. The minimum absolute atomic E-state index is 0.0292. The van der Waals surface area contributed by atoms with Crippen LogP contribution in [0.3, 0.4) is 0 Å². The van der Waals surface area contributed by atoms with Crippen LogP contribution < -0.4 is 0 Å². The number of carbonyl (C=O) groups is 2. The van der Waals surface area contributed by atoms with Gasteiger partial charge in [0.2, 0.25) is 0 Å². The third-order valence-electron chi connectivity index (χ3n) is 5.50. The van der Waals surface area contributed by atoms with Crippen molar-refractivity contribution in [2.75, 3.05) is 26.3 Å². The van der Waals surface area contributed by atoms with E-state index in [1.54, 1.807) is 0 Å². The fourth-order valence-corrected chi connectivity index (χ4v) is 4.00. The lowest BCUT2D eigenvalue weighted by atomic mass is 9.95. The molecule has 1 amide bonds. The van der Waals surface area contributed by atoms with Crippen LogP contribution in [0.1, 0.15) is 59.2 Å². The predicted molar refractivity (Wildman–Crippen MR) is 121 cm³/mol. The molecule has 0 saturated carbocycles. The van der Waals surface area contributed by atoms with Crippen LogP contribution in [0, 0.1) is 13.8 Å². The number of hydrogen-bond acceptors (Lipinski definition) is 5. The summed E-state index contributed by atoms with van der Waals surface area (Å²) in [4.78, 5) is 32.4. The highest BCUT2D eigenvalue weighted by molar-refractivity contribution is 6.00. The summed E-state index contributed by atoms with van der Waals surface area (Å²) in [5.41, 5.74) is 4.04. The number of esters is 1. The molecule has 2 heterocycles. The second-order valence-corrected chi connectivity index (χ2v) is 8.14. The van der Waals surface area contributed by atoms with E-state index in [9.17, 15) is 9.59 Å². The van der Waals surface area contributed by atoms with E-state index in [-0.39, 0.29) is 25.1 Å². The molecule has 166 valence electrons. The second-order valence-electron chi connectivity index (χ2n) is 8.14. The highest BCUT2D eigenvalue weighted by atomic mass is 16.6. The molecule has 1 fully saturated rings. The number of ether oxygens (including phenoxy) is 1. The molecule has 0 aliphatic carbocycles.